The minimum Gasteiger partial charge on any atom is -0.457 e. The number of hydrogen-bond acceptors (Lipinski definition) is 7. The van der Waals surface area contributed by atoms with Crippen LogP contribution in [0.2, 0.25) is 0 Å². The van der Waals surface area contributed by atoms with Crippen LogP contribution in [0.5, 0.6) is 0 Å². The molecular formula is C29H39O7. The van der Waals surface area contributed by atoms with Crippen molar-refractivity contribution in [2.45, 2.75) is 84.3 Å². The topological polar surface area (TPSA) is 107 Å². The molecule has 0 aromatic rings. The average molecular weight is 500 g/mol. The first kappa shape index (κ1) is 26.8. The van der Waals surface area contributed by atoms with Crippen molar-refractivity contribution in [3.8, 4) is 0 Å². The Hall–Kier alpha value is -2.28. The van der Waals surface area contributed by atoms with Gasteiger partial charge in [-0.3, -0.25) is 19.2 Å². The van der Waals surface area contributed by atoms with Crippen LogP contribution >= 0.6 is 0 Å². The Kier molecular flexibility index (Phi) is 7.10. The zero-order valence-corrected chi connectivity index (χ0v) is 21.9. The molecule has 0 spiro atoms. The van der Waals surface area contributed by atoms with E-state index in [4.69, 9.17) is 9.47 Å². The van der Waals surface area contributed by atoms with E-state index in [9.17, 15) is 24.3 Å². The Balaban J connectivity index is 1.70. The number of aliphatic hydroxyl groups excluding tert-OH is 1. The summed E-state index contributed by atoms with van der Waals surface area (Å²) >= 11 is 0. The number of hydrogen-bond donors (Lipinski definition) is 1. The van der Waals surface area contributed by atoms with Crippen LogP contribution in [-0.4, -0.2) is 46.9 Å². The van der Waals surface area contributed by atoms with Crippen molar-refractivity contribution in [1.82, 2.24) is 0 Å². The Labute approximate surface area is 213 Å². The Morgan fingerprint density at radius 1 is 1.22 bits per heavy atom. The van der Waals surface area contributed by atoms with Crippen LogP contribution in [0.15, 0.2) is 23.8 Å². The fourth-order valence-corrected chi connectivity index (χ4v) is 7.81. The van der Waals surface area contributed by atoms with Crippen molar-refractivity contribution >= 4 is 23.5 Å². The SMILES string of the molecule is [CH2]CCC(=O)O[C@@]1(C(=O)COC(=O)C(C)C)CC[C@@H]2[C@H]3CCC4=CC(=O)C=C[C@@]4(C)C3[C@H](O)C[C@]21C. The summed E-state index contributed by atoms with van der Waals surface area (Å²) in [6.07, 6.45) is 7.76. The molecule has 1 unspecified atom stereocenters. The number of ether oxygens (including phenoxy) is 2. The van der Waals surface area contributed by atoms with Crippen molar-refractivity contribution in [1.29, 1.82) is 0 Å². The molecule has 4 rings (SSSR count). The third-order valence-electron chi connectivity index (χ3n) is 9.55. The van der Waals surface area contributed by atoms with E-state index in [1.165, 1.54) is 0 Å². The molecule has 0 aromatic carbocycles. The predicted octanol–water partition coefficient (Wildman–Crippen LogP) is 3.93. The van der Waals surface area contributed by atoms with E-state index >= 15 is 0 Å². The summed E-state index contributed by atoms with van der Waals surface area (Å²) in [6.45, 7) is 10.7. The van der Waals surface area contributed by atoms with Crippen LogP contribution in [0.25, 0.3) is 0 Å². The van der Waals surface area contributed by atoms with Crippen molar-refractivity contribution in [3.05, 3.63) is 30.7 Å². The molecule has 0 amide bonds. The highest BCUT2D eigenvalue weighted by Crippen LogP contribution is 2.68. The van der Waals surface area contributed by atoms with Gasteiger partial charge < -0.3 is 14.6 Å². The van der Waals surface area contributed by atoms with Gasteiger partial charge >= 0.3 is 11.9 Å². The Morgan fingerprint density at radius 3 is 2.61 bits per heavy atom. The third-order valence-corrected chi connectivity index (χ3v) is 9.55. The van der Waals surface area contributed by atoms with Gasteiger partial charge in [0.25, 0.3) is 0 Å². The minimum absolute atomic E-state index is 0.0187. The van der Waals surface area contributed by atoms with E-state index in [0.29, 0.717) is 19.3 Å². The van der Waals surface area contributed by atoms with Gasteiger partial charge in [-0.2, -0.15) is 0 Å². The van der Waals surface area contributed by atoms with Gasteiger partial charge in [-0.05, 0) is 62.5 Å². The number of esters is 2. The summed E-state index contributed by atoms with van der Waals surface area (Å²) < 4.78 is 11.3. The van der Waals surface area contributed by atoms with E-state index < -0.39 is 46.9 Å². The van der Waals surface area contributed by atoms with Gasteiger partial charge in [-0.1, -0.05) is 46.3 Å². The maximum absolute atomic E-state index is 13.8. The van der Waals surface area contributed by atoms with Crippen molar-refractivity contribution < 1.29 is 33.8 Å². The van der Waals surface area contributed by atoms with E-state index in [2.05, 4.69) is 13.8 Å². The van der Waals surface area contributed by atoms with Crippen LogP contribution in [-0.2, 0) is 28.7 Å². The predicted molar refractivity (Wildman–Crippen MR) is 132 cm³/mol. The highest BCUT2D eigenvalue weighted by Gasteiger charge is 2.70. The second-order valence-electron chi connectivity index (χ2n) is 11.8. The lowest BCUT2D eigenvalue weighted by atomic mass is 9.46. The van der Waals surface area contributed by atoms with Crippen molar-refractivity contribution in [2.75, 3.05) is 6.61 Å². The summed E-state index contributed by atoms with van der Waals surface area (Å²) in [4.78, 5) is 50.7. The minimum atomic E-state index is -1.47. The average Bonchev–Trinajstić information content (AvgIpc) is 3.09. The maximum atomic E-state index is 13.8. The van der Waals surface area contributed by atoms with Gasteiger partial charge in [-0.15, -0.1) is 0 Å². The lowest BCUT2D eigenvalue weighted by molar-refractivity contribution is -0.201. The molecule has 0 heterocycles. The zero-order chi connectivity index (χ0) is 26.5. The first-order valence-electron chi connectivity index (χ1n) is 13.2. The summed E-state index contributed by atoms with van der Waals surface area (Å²) in [5, 5.41) is 11.6. The monoisotopic (exact) mass is 499 g/mol. The van der Waals surface area contributed by atoms with Crippen LogP contribution in [0, 0.1) is 41.4 Å². The first-order chi connectivity index (χ1) is 16.9. The molecule has 1 N–H and O–H groups in total. The number of allylic oxidation sites excluding steroid dienone is 4. The molecule has 0 saturated heterocycles. The second-order valence-corrected chi connectivity index (χ2v) is 11.8. The molecular weight excluding hydrogens is 460 g/mol. The molecule has 0 aromatic heterocycles. The summed E-state index contributed by atoms with van der Waals surface area (Å²) in [5.74, 6) is -1.77. The fraction of sp³-hybridized carbons (Fsp3) is 0.690. The number of aliphatic hydroxyl groups is 1. The number of carbonyl (C=O) groups is 4. The van der Waals surface area contributed by atoms with Gasteiger partial charge in [0.2, 0.25) is 5.78 Å². The number of rotatable bonds is 7. The van der Waals surface area contributed by atoms with Crippen LogP contribution in [0.3, 0.4) is 0 Å². The summed E-state index contributed by atoms with van der Waals surface area (Å²) in [6, 6.07) is 0. The molecule has 0 aliphatic heterocycles. The molecule has 3 saturated carbocycles. The van der Waals surface area contributed by atoms with Gasteiger partial charge in [0.1, 0.15) is 0 Å². The quantitative estimate of drug-likeness (QED) is 0.529. The third kappa shape index (κ3) is 4.07. The molecule has 4 aliphatic carbocycles. The smallest absolute Gasteiger partial charge is 0.308 e. The van der Waals surface area contributed by atoms with Crippen LogP contribution in [0.4, 0.5) is 0 Å². The molecule has 4 aliphatic rings. The van der Waals surface area contributed by atoms with Crippen LogP contribution < -0.4 is 0 Å². The van der Waals surface area contributed by atoms with E-state index in [1.54, 1.807) is 26.0 Å². The highest BCUT2D eigenvalue weighted by molar-refractivity contribution is 6.01. The Bertz CT molecular complexity index is 1010. The normalized spacial score (nSPS) is 39.1. The second kappa shape index (κ2) is 9.55. The molecule has 197 valence electrons. The number of fused-ring (bicyclic) bond motifs is 5. The van der Waals surface area contributed by atoms with E-state index in [0.717, 1.165) is 18.4 Å². The number of carbonyl (C=O) groups excluding carboxylic acids is 4. The van der Waals surface area contributed by atoms with Gasteiger partial charge in [0, 0.05) is 23.2 Å². The lowest BCUT2D eigenvalue weighted by Crippen LogP contribution is -2.63. The molecule has 7 heteroatoms. The number of ketones is 2. The van der Waals surface area contributed by atoms with Gasteiger partial charge in [0.05, 0.1) is 12.0 Å². The first-order valence-corrected chi connectivity index (χ1v) is 13.2. The maximum Gasteiger partial charge on any atom is 0.308 e. The highest BCUT2D eigenvalue weighted by atomic mass is 16.6. The molecule has 0 bridgehead atoms. The van der Waals surface area contributed by atoms with Crippen molar-refractivity contribution in [3.63, 3.8) is 0 Å². The fourth-order valence-electron chi connectivity index (χ4n) is 7.81. The molecule has 7 nitrogen and oxygen atoms in total. The van der Waals surface area contributed by atoms with Crippen LogP contribution in [0.1, 0.15) is 72.6 Å². The zero-order valence-electron chi connectivity index (χ0n) is 21.9. The molecule has 1 radical (unpaired) electrons. The van der Waals surface area contributed by atoms with Gasteiger partial charge in [-0.25, -0.2) is 0 Å². The molecule has 36 heavy (non-hydrogen) atoms. The van der Waals surface area contributed by atoms with Gasteiger partial charge in [0.15, 0.2) is 18.0 Å². The standard InChI is InChI=1S/C29H39O7/c1-6-7-24(33)36-29(23(32)16-35-26(34)17(2)3)13-11-21-20-9-8-18-14-19(30)10-12-27(18,4)25(20)22(31)15-28(21,29)5/h10,12,14,17,20-22,25,31H,1,6-9,11,13,15-16H2,2-5H3/t20-,21-,22-,25?,27-,28-,29-/m1/s1. The Morgan fingerprint density at radius 2 is 1.94 bits per heavy atom. The lowest BCUT2D eigenvalue weighted by Gasteiger charge is -2.59. The van der Waals surface area contributed by atoms with E-state index in [1.807, 2.05) is 13.0 Å². The number of Topliss-reactive ketones (excluding diaryl/α,β-unsaturated/α-hetero) is 1. The van der Waals surface area contributed by atoms with E-state index in [-0.39, 0.29) is 42.3 Å². The molecule has 3 fully saturated rings. The largest absolute Gasteiger partial charge is 0.457 e. The molecule has 7 atom stereocenters. The summed E-state index contributed by atoms with van der Waals surface area (Å²) in [7, 11) is 0. The van der Waals surface area contributed by atoms with Crippen molar-refractivity contribution in [2.24, 2.45) is 34.5 Å². The summed E-state index contributed by atoms with van der Waals surface area (Å²) in [5.41, 5.74) is -1.65.